The average Bonchev–Trinajstić information content (AvgIpc) is 3.25. The van der Waals surface area contributed by atoms with Crippen LogP contribution in [0.1, 0.15) is 18.3 Å². The Balaban J connectivity index is 1.80. The lowest BCUT2D eigenvalue weighted by atomic mass is 10.1. The van der Waals surface area contributed by atoms with Crippen molar-refractivity contribution in [3.8, 4) is 0 Å². The molecule has 0 fully saturated rings. The Morgan fingerprint density at radius 3 is 2.96 bits per heavy atom. The first-order valence-electron chi connectivity index (χ1n) is 7.74. The maximum absolute atomic E-state index is 12.7. The van der Waals surface area contributed by atoms with Crippen LogP contribution in [0.5, 0.6) is 0 Å². The molecule has 3 rings (SSSR count). The molecule has 4 N–H and O–H groups in total. The lowest BCUT2D eigenvalue weighted by molar-refractivity contribution is -0.126. The number of rotatable bonds is 5. The molecule has 136 valence electrons. The highest BCUT2D eigenvalue weighted by atomic mass is 16.4. The third kappa shape index (κ3) is 3.43. The van der Waals surface area contributed by atoms with Gasteiger partial charge in [-0.1, -0.05) is 11.3 Å². The van der Waals surface area contributed by atoms with Gasteiger partial charge in [-0.15, -0.1) is 10.2 Å². The molecule has 0 unspecified atom stereocenters. The van der Waals surface area contributed by atoms with Crippen LogP contribution >= 0.6 is 0 Å². The molecule has 0 spiro atoms. The summed E-state index contributed by atoms with van der Waals surface area (Å²) in [7, 11) is 0. The van der Waals surface area contributed by atoms with E-state index in [1.807, 2.05) is 0 Å². The number of carbonyl (C=O) groups excluding carboxylic acids is 2. The molecule has 1 aliphatic heterocycles. The van der Waals surface area contributed by atoms with E-state index in [1.165, 1.54) is 18.0 Å². The highest BCUT2D eigenvalue weighted by molar-refractivity contribution is 6.05. The number of hydrogen-bond acceptors (Lipinski definition) is 7. The summed E-state index contributed by atoms with van der Waals surface area (Å²) >= 11 is 0. The molecule has 12 nitrogen and oxygen atoms in total. The SMILES string of the molecule is C[C@H](NC(=O)O)C(=O)N1c2ncccc2C[C@H]1C(=O)NCc1nn[nH]n1. The molecule has 0 saturated heterocycles. The zero-order valence-corrected chi connectivity index (χ0v) is 13.7. The molecule has 2 aromatic rings. The van der Waals surface area contributed by atoms with Crippen molar-refractivity contribution in [2.24, 2.45) is 0 Å². The Labute approximate surface area is 147 Å². The number of hydrogen-bond donors (Lipinski definition) is 4. The van der Waals surface area contributed by atoms with Crippen LogP contribution < -0.4 is 15.5 Å². The van der Waals surface area contributed by atoms with Gasteiger partial charge < -0.3 is 15.7 Å². The molecule has 0 aliphatic carbocycles. The summed E-state index contributed by atoms with van der Waals surface area (Å²) in [5, 5.41) is 26.7. The van der Waals surface area contributed by atoms with Gasteiger partial charge >= 0.3 is 6.09 Å². The second-order valence-electron chi connectivity index (χ2n) is 5.63. The van der Waals surface area contributed by atoms with E-state index in [0.717, 1.165) is 5.56 Å². The number of aromatic nitrogens is 5. The minimum atomic E-state index is -1.33. The van der Waals surface area contributed by atoms with Crippen LogP contribution in [0.4, 0.5) is 10.6 Å². The minimum absolute atomic E-state index is 0.0422. The molecule has 2 aromatic heterocycles. The van der Waals surface area contributed by atoms with Crippen LogP contribution in [0.2, 0.25) is 0 Å². The molecule has 3 heterocycles. The largest absolute Gasteiger partial charge is 0.465 e. The Morgan fingerprint density at radius 2 is 2.27 bits per heavy atom. The Bertz CT molecular complexity index is 824. The first-order valence-corrected chi connectivity index (χ1v) is 7.74. The molecule has 0 saturated carbocycles. The van der Waals surface area contributed by atoms with Gasteiger partial charge in [0.05, 0.1) is 6.54 Å². The summed E-state index contributed by atoms with van der Waals surface area (Å²) in [6.07, 6.45) is 0.449. The lowest BCUT2D eigenvalue weighted by Gasteiger charge is -2.26. The van der Waals surface area contributed by atoms with Gasteiger partial charge in [0.15, 0.2) is 5.82 Å². The van der Waals surface area contributed by atoms with E-state index in [0.29, 0.717) is 11.6 Å². The first kappa shape index (κ1) is 17.3. The average molecular weight is 360 g/mol. The maximum Gasteiger partial charge on any atom is 0.405 e. The smallest absolute Gasteiger partial charge is 0.405 e. The zero-order chi connectivity index (χ0) is 18.7. The number of carboxylic acid groups (broad SMARTS) is 1. The molecule has 12 heteroatoms. The van der Waals surface area contributed by atoms with Gasteiger partial charge in [0.25, 0.3) is 5.91 Å². The van der Waals surface area contributed by atoms with E-state index in [1.54, 1.807) is 12.1 Å². The van der Waals surface area contributed by atoms with Crippen molar-refractivity contribution in [3.05, 3.63) is 29.7 Å². The fraction of sp³-hybridized carbons (Fsp3) is 0.357. The van der Waals surface area contributed by atoms with E-state index in [4.69, 9.17) is 5.11 Å². The number of H-pyrrole nitrogens is 1. The minimum Gasteiger partial charge on any atom is -0.465 e. The van der Waals surface area contributed by atoms with E-state index >= 15 is 0 Å². The highest BCUT2D eigenvalue weighted by Crippen LogP contribution is 2.30. The van der Waals surface area contributed by atoms with E-state index in [-0.39, 0.29) is 13.0 Å². The molecule has 3 amide bonds. The van der Waals surface area contributed by atoms with Gasteiger partial charge in [-0.2, -0.15) is 5.21 Å². The van der Waals surface area contributed by atoms with Crippen molar-refractivity contribution in [3.63, 3.8) is 0 Å². The third-order valence-electron chi connectivity index (χ3n) is 3.88. The third-order valence-corrected chi connectivity index (χ3v) is 3.88. The molecule has 2 atom stereocenters. The topological polar surface area (TPSA) is 166 Å². The first-order chi connectivity index (χ1) is 12.5. The number of fused-ring (bicyclic) bond motifs is 1. The van der Waals surface area contributed by atoms with Crippen LogP contribution in [0.15, 0.2) is 18.3 Å². The second-order valence-corrected chi connectivity index (χ2v) is 5.63. The summed E-state index contributed by atoms with van der Waals surface area (Å²) in [6.45, 7) is 1.45. The summed E-state index contributed by atoms with van der Waals surface area (Å²) in [4.78, 5) is 41.6. The number of nitrogens with zero attached hydrogens (tertiary/aromatic N) is 5. The summed E-state index contributed by atoms with van der Waals surface area (Å²) in [5.74, 6) is -0.352. The van der Waals surface area contributed by atoms with Gasteiger partial charge in [-0.05, 0) is 18.6 Å². The monoisotopic (exact) mass is 360 g/mol. The summed E-state index contributed by atoms with van der Waals surface area (Å²) in [5.41, 5.74) is 0.725. The molecule has 26 heavy (non-hydrogen) atoms. The Hall–Kier alpha value is -3.57. The predicted molar refractivity (Wildman–Crippen MR) is 85.9 cm³/mol. The lowest BCUT2D eigenvalue weighted by Crippen LogP contribution is -2.54. The predicted octanol–water partition coefficient (Wildman–Crippen LogP) is -1.18. The maximum atomic E-state index is 12.7. The highest BCUT2D eigenvalue weighted by Gasteiger charge is 2.41. The normalized spacial score (nSPS) is 16.7. The standard InChI is InChI=1S/C14H16N8O4/c1-7(17-14(25)26)13(24)22-9(5-8-3-2-4-15-11(8)22)12(23)16-6-10-18-20-21-19-10/h2-4,7,9,17H,5-6H2,1H3,(H,16,23)(H,25,26)(H,18,19,20,21)/t7-,9-/m0/s1. The fourth-order valence-corrected chi connectivity index (χ4v) is 2.72. The summed E-state index contributed by atoms with van der Waals surface area (Å²) < 4.78 is 0. The zero-order valence-electron chi connectivity index (χ0n) is 13.7. The van der Waals surface area contributed by atoms with Crippen LogP contribution in [0.25, 0.3) is 0 Å². The van der Waals surface area contributed by atoms with Crippen LogP contribution in [-0.4, -0.2) is 60.7 Å². The van der Waals surface area contributed by atoms with Gasteiger partial charge in [-0.3, -0.25) is 14.5 Å². The van der Waals surface area contributed by atoms with Crippen molar-refractivity contribution >= 4 is 23.7 Å². The number of nitrogens with one attached hydrogen (secondary N) is 3. The molecular formula is C14H16N8O4. The van der Waals surface area contributed by atoms with E-state index in [2.05, 4.69) is 36.2 Å². The number of pyridine rings is 1. The quantitative estimate of drug-likeness (QED) is 0.517. The van der Waals surface area contributed by atoms with E-state index < -0.39 is 30.0 Å². The van der Waals surface area contributed by atoms with Crippen molar-refractivity contribution < 1.29 is 19.5 Å². The van der Waals surface area contributed by atoms with Crippen LogP contribution in [0, 0.1) is 0 Å². The van der Waals surface area contributed by atoms with Crippen LogP contribution in [0.3, 0.4) is 0 Å². The Morgan fingerprint density at radius 1 is 1.46 bits per heavy atom. The molecule has 0 radical (unpaired) electrons. The van der Waals surface area contributed by atoms with Gasteiger partial charge in [-0.25, -0.2) is 9.78 Å². The molecular weight excluding hydrogens is 344 g/mol. The number of aromatic amines is 1. The number of carbonyl (C=O) groups is 3. The van der Waals surface area contributed by atoms with Crippen LogP contribution in [-0.2, 0) is 22.6 Å². The van der Waals surface area contributed by atoms with Crippen molar-refractivity contribution in [1.82, 2.24) is 36.2 Å². The van der Waals surface area contributed by atoms with Gasteiger partial charge in [0.1, 0.15) is 17.9 Å². The second kappa shape index (κ2) is 7.13. The van der Waals surface area contributed by atoms with Crippen molar-refractivity contribution in [1.29, 1.82) is 0 Å². The molecule has 1 aliphatic rings. The van der Waals surface area contributed by atoms with E-state index in [9.17, 15) is 14.4 Å². The van der Waals surface area contributed by atoms with Crippen molar-refractivity contribution in [2.45, 2.75) is 32.0 Å². The van der Waals surface area contributed by atoms with Gasteiger partial charge in [0, 0.05) is 12.6 Å². The molecule has 0 aromatic carbocycles. The van der Waals surface area contributed by atoms with Gasteiger partial charge in [0.2, 0.25) is 5.91 Å². The number of anilines is 1. The van der Waals surface area contributed by atoms with Crippen molar-refractivity contribution in [2.75, 3.05) is 4.90 Å². The summed E-state index contributed by atoms with van der Waals surface area (Å²) in [6, 6.07) is 1.59. The fourth-order valence-electron chi connectivity index (χ4n) is 2.72. The molecule has 0 bridgehead atoms. The number of tetrazole rings is 1. The number of amides is 3. The Kier molecular flexibility index (Phi) is 4.73.